The number of amides is 1. The van der Waals surface area contributed by atoms with Gasteiger partial charge >= 0.3 is 0 Å². The number of carbonyl (C=O) groups excluding carboxylic acids is 2. The van der Waals surface area contributed by atoms with Crippen LogP contribution in [0.15, 0.2) is 24.1 Å². The molecule has 102 valence electrons. The first-order valence-electron chi connectivity index (χ1n) is 6.40. The molecular weight excluding hydrogens is 258 g/mol. The lowest BCUT2D eigenvalue weighted by Gasteiger charge is -2.20. The summed E-state index contributed by atoms with van der Waals surface area (Å²) in [6, 6.07) is 1.82. The smallest absolute Gasteiger partial charge is 0.228 e. The van der Waals surface area contributed by atoms with Crippen molar-refractivity contribution in [1.29, 1.82) is 0 Å². The Kier molecular flexibility index (Phi) is 3.63. The maximum Gasteiger partial charge on any atom is 0.228 e. The first-order chi connectivity index (χ1) is 8.84. The molecule has 1 saturated heterocycles. The Labute approximate surface area is 117 Å². The molecule has 1 atom stereocenters. The number of rotatable bonds is 3. The summed E-state index contributed by atoms with van der Waals surface area (Å²) in [4.78, 5) is 26.2. The van der Waals surface area contributed by atoms with E-state index >= 15 is 0 Å². The van der Waals surface area contributed by atoms with Crippen molar-refractivity contribution in [3.63, 3.8) is 0 Å². The number of hydrogen-bond donors (Lipinski definition) is 0. The topological polar surface area (TPSA) is 37.4 Å². The van der Waals surface area contributed by atoms with Gasteiger partial charge in [0.05, 0.1) is 5.56 Å². The van der Waals surface area contributed by atoms with Crippen LogP contribution in [0.5, 0.6) is 0 Å². The molecule has 2 heterocycles. The van der Waals surface area contributed by atoms with Crippen molar-refractivity contribution < 1.29 is 9.59 Å². The zero-order valence-corrected chi connectivity index (χ0v) is 12.4. The predicted octanol–water partition coefficient (Wildman–Crippen LogP) is 3.52. The predicted molar refractivity (Wildman–Crippen MR) is 78.8 cm³/mol. The number of Topliss-reactive ketones (excluding diaryl/α,β-unsaturated/α-hetero) is 1. The van der Waals surface area contributed by atoms with Crippen molar-refractivity contribution in [2.75, 3.05) is 11.4 Å². The van der Waals surface area contributed by atoms with Gasteiger partial charge in [-0.1, -0.05) is 26.8 Å². The summed E-state index contributed by atoms with van der Waals surface area (Å²) < 4.78 is 0. The van der Waals surface area contributed by atoms with Crippen LogP contribution in [0.1, 0.15) is 37.6 Å². The van der Waals surface area contributed by atoms with Crippen molar-refractivity contribution in [2.24, 2.45) is 11.3 Å². The highest BCUT2D eigenvalue weighted by atomic mass is 32.1. The number of thiophene rings is 1. The monoisotopic (exact) mass is 277 g/mol. The Morgan fingerprint density at radius 3 is 2.74 bits per heavy atom. The van der Waals surface area contributed by atoms with Crippen LogP contribution in [0.3, 0.4) is 0 Å². The molecule has 1 aromatic rings. The van der Waals surface area contributed by atoms with Crippen LogP contribution in [0.25, 0.3) is 0 Å². The molecule has 0 aromatic carbocycles. The first kappa shape index (κ1) is 14.0. The van der Waals surface area contributed by atoms with E-state index in [1.807, 2.05) is 38.3 Å². The SMILES string of the molecule is C=CC1CC(=O)N(c2sccc2C(=O)C(C)(C)C)C1. The zero-order chi connectivity index (χ0) is 14.2. The summed E-state index contributed by atoms with van der Waals surface area (Å²) in [5, 5.41) is 2.66. The van der Waals surface area contributed by atoms with Crippen LogP contribution in [0, 0.1) is 11.3 Å². The Morgan fingerprint density at radius 1 is 1.53 bits per heavy atom. The first-order valence-corrected chi connectivity index (χ1v) is 7.27. The summed E-state index contributed by atoms with van der Waals surface area (Å²) in [5.74, 6) is 0.348. The van der Waals surface area contributed by atoms with Gasteiger partial charge in [0.2, 0.25) is 5.91 Å². The molecule has 0 aliphatic carbocycles. The second-order valence-corrected chi connectivity index (χ2v) is 6.82. The van der Waals surface area contributed by atoms with E-state index in [1.165, 1.54) is 11.3 Å². The zero-order valence-electron chi connectivity index (χ0n) is 11.6. The molecule has 1 aliphatic rings. The lowest BCUT2D eigenvalue weighted by atomic mass is 9.87. The average molecular weight is 277 g/mol. The van der Waals surface area contributed by atoms with Gasteiger partial charge in [-0.3, -0.25) is 9.59 Å². The normalized spacial score (nSPS) is 19.8. The van der Waals surface area contributed by atoms with Gasteiger partial charge < -0.3 is 4.90 Å². The van der Waals surface area contributed by atoms with Crippen LogP contribution < -0.4 is 4.90 Å². The van der Waals surface area contributed by atoms with Gasteiger partial charge in [-0.15, -0.1) is 17.9 Å². The molecule has 1 fully saturated rings. The number of ketones is 1. The van der Waals surface area contributed by atoms with E-state index in [9.17, 15) is 9.59 Å². The maximum absolute atomic E-state index is 12.4. The largest absolute Gasteiger partial charge is 0.303 e. The Morgan fingerprint density at radius 2 is 2.21 bits per heavy atom. The van der Waals surface area contributed by atoms with Crippen molar-refractivity contribution >= 4 is 28.0 Å². The van der Waals surface area contributed by atoms with Crippen molar-refractivity contribution in [3.05, 3.63) is 29.7 Å². The standard InChI is InChI=1S/C15H19NO2S/c1-5-10-8-12(17)16(9-10)14-11(6-7-19-14)13(18)15(2,3)4/h5-7,10H,1,8-9H2,2-4H3. The second-order valence-electron chi connectivity index (χ2n) is 5.92. The Balaban J connectivity index is 2.33. The van der Waals surface area contributed by atoms with Crippen molar-refractivity contribution in [1.82, 2.24) is 0 Å². The minimum atomic E-state index is -0.434. The highest BCUT2D eigenvalue weighted by Gasteiger charge is 2.34. The Bertz CT molecular complexity index is 524. The summed E-state index contributed by atoms with van der Waals surface area (Å²) in [6.07, 6.45) is 2.31. The second kappa shape index (κ2) is 4.93. The molecule has 2 rings (SSSR count). The molecule has 1 aliphatic heterocycles. The van der Waals surface area contributed by atoms with Gasteiger partial charge in [-0.05, 0) is 11.4 Å². The highest BCUT2D eigenvalue weighted by molar-refractivity contribution is 7.14. The average Bonchev–Trinajstić information content (AvgIpc) is 2.92. The number of nitrogens with zero attached hydrogens (tertiary/aromatic N) is 1. The van der Waals surface area contributed by atoms with Crippen LogP contribution in [0.2, 0.25) is 0 Å². The minimum Gasteiger partial charge on any atom is -0.303 e. The maximum atomic E-state index is 12.4. The molecule has 0 N–H and O–H groups in total. The van der Waals surface area contributed by atoms with Gasteiger partial charge in [0.25, 0.3) is 0 Å². The van der Waals surface area contributed by atoms with Crippen LogP contribution in [-0.2, 0) is 4.79 Å². The third-order valence-electron chi connectivity index (χ3n) is 3.30. The van der Waals surface area contributed by atoms with Crippen molar-refractivity contribution in [2.45, 2.75) is 27.2 Å². The molecule has 3 nitrogen and oxygen atoms in total. The summed E-state index contributed by atoms with van der Waals surface area (Å²) in [7, 11) is 0. The number of hydrogen-bond acceptors (Lipinski definition) is 3. The van der Waals surface area contributed by atoms with Gasteiger partial charge in [-0.2, -0.15) is 0 Å². The summed E-state index contributed by atoms with van der Waals surface area (Å²) in [5.41, 5.74) is 0.228. The molecule has 19 heavy (non-hydrogen) atoms. The molecule has 0 spiro atoms. The van der Waals surface area contributed by atoms with Gasteiger partial charge in [0.15, 0.2) is 5.78 Å². The fourth-order valence-corrected chi connectivity index (χ4v) is 3.10. The van der Waals surface area contributed by atoms with Gasteiger partial charge in [0.1, 0.15) is 5.00 Å². The molecule has 0 saturated carbocycles. The lowest BCUT2D eigenvalue weighted by molar-refractivity contribution is -0.117. The van der Waals surface area contributed by atoms with Crippen molar-refractivity contribution in [3.8, 4) is 0 Å². The fraction of sp³-hybridized carbons (Fsp3) is 0.467. The summed E-state index contributed by atoms with van der Waals surface area (Å²) in [6.45, 7) is 10.1. The summed E-state index contributed by atoms with van der Waals surface area (Å²) >= 11 is 1.46. The van der Waals surface area contributed by atoms with E-state index in [0.29, 0.717) is 18.5 Å². The van der Waals surface area contributed by atoms with E-state index < -0.39 is 5.41 Å². The minimum absolute atomic E-state index is 0.0790. The molecule has 0 radical (unpaired) electrons. The molecule has 0 bridgehead atoms. The van der Waals surface area contributed by atoms with Crippen LogP contribution >= 0.6 is 11.3 Å². The van der Waals surface area contributed by atoms with E-state index in [-0.39, 0.29) is 17.6 Å². The fourth-order valence-electron chi connectivity index (χ4n) is 2.18. The van der Waals surface area contributed by atoms with Crippen LogP contribution in [0.4, 0.5) is 5.00 Å². The molecule has 1 amide bonds. The molecule has 4 heteroatoms. The molecular formula is C15H19NO2S. The van der Waals surface area contributed by atoms with Crippen LogP contribution in [-0.4, -0.2) is 18.2 Å². The van der Waals surface area contributed by atoms with Gasteiger partial charge in [0, 0.05) is 24.3 Å². The number of carbonyl (C=O) groups is 2. The molecule has 1 unspecified atom stereocenters. The van der Waals surface area contributed by atoms with E-state index in [0.717, 1.165) is 5.00 Å². The quantitative estimate of drug-likeness (QED) is 0.626. The third kappa shape index (κ3) is 2.63. The Hall–Kier alpha value is -1.42. The highest BCUT2D eigenvalue weighted by Crippen LogP contribution is 2.36. The van der Waals surface area contributed by atoms with E-state index in [2.05, 4.69) is 6.58 Å². The number of anilines is 1. The van der Waals surface area contributed by atoms with E-state index in [1.54, 1.807) is 4.90 Å². The third-order valence-corrected chi connectivity index (χ3v) is 4.24. The van der Waals surface area contributed by atoms with Gasteiger partial charge in [-0.25, -0.2) is 0 Å². The molecule has 1 aromatic heterocycles. The lowest BCUT2D eigenvalue weighted by Crippen LogP contribution is -2.27. The van der Waals surface area contributed by atoms with E-state index in [4.69, 9.17) is 0 Å².